The molecule has 1 N–H and O–H groups in total. The van der Waals surface area contributed by atoms with E-state index in [1.807, 2.05) is 10.7 Å². The van der Waals surface area contributed by atoms with Gasteiger partial charge in [-0.2, -0.15) is 0 Å². The van der Waals surface area contributed by atoms with Crippen LogP contribution in [0.2, 0.25) is 0 Å². The van der Waals surface area contributed by atoms with Gasteiger partial charge in [-0.15, -0.1) is 5.10 Å². The fourth-order valence-corrected chi connectivity index (χ4v) is 2.12. The molecule has 1 aliphatic heterocycles. The third-order valence-corrected chi connectivity index (χ3v) is 3.46. The number of nitrogens with zero attached hydrogens (tertiary/aromatic N) is 4. The fraction of sp³-hybridized carbons (Fsp3) is 0.545. The Balaban J connectivity index is 1.69. The van der Waals surface area contributed by atoms with Crippen LogP contribution in [0, 0.1) is 0 Å². The molecule has 17 heavy (non-hydrogen) atoms. The lowest BCUT2D eigenvalue weighted by atomic mass is 10.1. The molecule has 0 unspecified atom stereocenters. The van der Waals surface area contributed by atoms with E-state index in [-0.39, 0.29) is 0 Å². The molecule has 0 bridgehead atoms. The molecule has 0 amide bonds. The van der Waals surface area contributed by atoms with E-state index < -0.39 is 0 Å². The maximum atomic E-state index is 5.40. The first kappa shape index (κ1) is 9.35. The Morgan fingerprint density at radius 3 is 2.94 bits per heavy atom. The normalized spacial score (nSPS) is 20.5. The predicted octanol–water partition coefficient (Wildman–Crippen LogP) is 0.955. The molecular weight excluding hydrogens is 218 g/mol. The number of aromatic nitrogens is 4. The van der Waals surface area contributed by atoms with Crippen molar-refractivity contribution in [1.82, 2.24) is 25.5 Å². The van der Waals surface area contributed by atoms with Gasteiger partial charge in [0.05, 0.1) is 17.9 Å². The van der Waals surface area contributed by atoms with Crippen LogP contribution in [0.3, 0.4) is 0 Å². The van der Waals surface area contributed by atoms with Gasteiger partial charge < -0.3 is 9.84 Å². The first-order valence-electron chi connectivity index (χ1n) is 6.00. The summed E-state index contributed by atoms with van der Waals surface area (Å²) in [6.07, 6.45) is 4.21. The zero-order chi connectivity index (χ0) is 11.2. The Morgan fingerprint density at radius 1 is 1.35 bits per heavy atom. The Bertz CT molecular complexity index is 538. The quantitative estimate of drug-likeness (QED) is 0.851. The van der Waals surface area contributed by atoms with E-state index in [1.165, 1.54) is 12.8 Å². The number of rotatable bonds is 3. The van der Waals surface area contributed by atoms with Crippen LogP contribution < -0.4 is 5.32 Å². The average Bonchev–Trinajstić information content (AvgIpc) is 2.83. The average molecular weight is 231 g/mol. The second-order valence-corrected chi connectivity index (χ2v) is 4.77. The number of nitrogens with one attached hydrogen (secondary N) is 1. The highest BCUT2D eigenvalue weighted by atomic mass is 16.5. The van der Waals surface area contributed by atoms with Crippen molar-refractivity contribution in [3.63, 3.8) is 0 Å². The third kappa shape index (κ3) is 1.48. The minimum atomic E-state index is 0.391. The van der Waals surface area contributed by atoms with Crippen LogP contribution >= 0.6 is 0 Å². The van der Waals surface area contributed by atoms with Crippen molar-refractivity contribution in [2.45, 2.75) is 24.8 Å². The summed E-state index contributed by atoms with van der Waals surface area (Å²) in [4.78, 5) is 0. The Kier molecular flexibility index (Phi) is 1.87. The molecule has 2 aromatic rings. The topological polar surface area (TPSA) is 68.8 Å². The molecular formula is C11H13N5O. The Morgan fingerprint density at radius 2 is 2.24 bits per heavy atom. The summed E-state index contributed by atoms with van der Waals surface area (Å²) in [7, 11) is 0. The molecule has 0 atom stereocenters. The first-order chi connectivity index (χ1) is 8.42. The van der Waals surface area contributed by atoms with Crippen molar-refractivity contribution < 1.29 is 4.52 Å². The molecule has 3 heterocycles. The third-order valence-electron chi connectivity index (χ3n) is 3.46. The standard InChI is InChI=1S/C11H13N5O/c1-2-7(1)9-3-11(17-14-9)10-6-13-15-16(10)8-4-12-5-8/h3,6-8,12H,1-2,4-5H2. The van der Waals surface area contributed by atoms with Crippen LogP contribution in [0.25, 0.3) is 11.5 Å². The molecule has 1 aliphatic carbocycles. The summed E-state index contributed by atoms with van der Waals surface area (Å²) >= 11 is 0. The summed E-state index contributed by atoms with van der Waals surface area (Å²) in [6.45, 7) is 1.89. The zero-order valence-corrected chi connectivity index (χ0v) is 9.33. The SMILES string of the molecule is c1c(C2CC2)noc1-c1cnnn1C1CNC1. The van der Waals surface area contributed by atoms with Crippen LogP contribution in [0.15, 0.2) is 16.8 Å². The van der Waals surface area contributed by atoms with Crippen LogP contribution in [-0.2, 0) is 0 Å². The van der Waals surface area contributed by atoms with Gasteiger partial charge in [0.2, 0.25) is 0 Å². The molecule has 0 spiro atoms. The molecule has 2 fully saturated rings. The second-order valence-electron chi connectivity index (χ2n) is 4.77. The van der Waals surface area contributed by atoms with Crippen LogP contribution in [0.4, 0.5) is 0 Å². The molecule has 0 aromatic carbocycles. The molecule has 2 aromatic heterocycles. The van der Waals surface area contributed by atoms with E-state index >= 15 is 0 Å². The van der Waals surface area contributed by atoms with E-state index in [0.717, 1.165) is 30.2 Å². The molecule has 2 aliphatic rings. The largest absolute Gasteiger partial charge is 0.354 e. The molecule has 0 radical (unpaired) electrons. The minimum Gasteiger partial charge on any atom is -0.354 e. The van der Waals surface area contributed by atoms with Gasteiger partial charge in [0.15, 0.2) is 5.76 Å². The van der Waals surface area contributed by atoms with E-state index in [9.17, 15) is 0 Å². The van der Waals surface area contributed by atoms with Gasteiger partial charge in [0, 0.05) is 25.1 Å². The summed E-state index contributed by atoms with van der Waals surface area (Å²) in [5, 5.41) is 15.4. The highest BCUT2D eigenvalue weighted by molar-refractivity contribution is 5.51. The summed E-state index contributed by atoms with van der Waals surface area (Å²) in [6, 6.07) is 2.42. The van der Waals surface area contributed by atoms with E-state index in [2.05, 4.69) is 20.8 Å². The van der Waals surface area contributed by atoms with Gasteiger partial charge in [-0.05, 0) is 12.8 Å². The molecule has 6 heteroatoms. The van der Waals surface area contributed by atoms with Crippen molar-refractivity contribution in [3.05, 3.63) is 18.0 Å². The van der Waals surface area contributed by atoms with E-state index in [0.29, 0.717) is 12.0 Å². The highest BCUT2D eigenvalue weighted by Gasteiger charge is 2.29. The Labute approximate surface area is 98.0 Å². The van der Waals surface area contributed by atoms with E-state index in [4.69, 9.17) is 4.52 Å². The summed E-state index contributed by atoms with van der Waals surface area (Å²) < 4.78 is 7.32. The summed E-state index contributed by atoms with van der Waals surface area (Å²) in [5.74, 6) is 1.39. The van der Waals surface area contributed by atoms with Gasteiger partial charge in [0.1, 0.15) is 5.69 Å². The first-order valence-corrected chi connectivity index (χ1v) is 6.00. The van der Waals surface area contributed by atoms with Gasteiger partial charge in [-0.25, -0.2) is 4.68 Å². The molecule has 4 rings (SSSR count). The monoisotopic (exact) mass is 231 g/mol. The number of hydrogen-bond donors (Lipinski definition) is 1. The maximum Gasteiger partial charge on any atom is 0.186 e. The molecule has 88 valence electrons. The maximum absolute atomic E-state index is 5.40. The molecule has 6 nitrogen and oxygen atoms in total. The lowest BCUT2D eigenvalue weighted by Crippen LogP contribution is -2.44. The van der Waals surface area contributed by atoms with Crippen LogP contribution in [0.5, 0.6) is 0 Å². The lowest BCUT2D eigenvalue weighted by molar-refractivity contribution is 0.312. The van der Waals surface area contributed by atoms with E-state index in [1.54, 1.807) is 6.20 Å². The molecule has 1 saturated heterocycles. The number of hydrogen-bond acceptors (Lipinski definition) is 5. The van der Waals surface area contributed by atoms with Crippen LogP contribution in [-0.4, -0.2) is 33.2 Å². The van der Waals surface area contributed by atoms with Crippen molar-refractivity contribution in [1.29, 1.82) is 0 Å². The Hall–Kier alpha value is -1.69. The molecule has 1 saturated carbocycles. The van der Waals surface area contributed by atoms with Gasteiger partial charge in [-0.1, -0.05) is 10.4 Å². The van der Waals surface area contributed by atoms with Crippen molar-refractivity contribution in [2.24, 2.45) is 0 Å². The van der Waals surface area contributed by atoms with Crippen molar-refractivity contribution in [2.75, 3.05) is 13.1 Å². The van der Waals surface area contributed by atoms with Gasteiger partial charge >= 0.3 is 0 Å². The van der Waals surface area contributed by atoms with Crippen LogP contribution in [0.1, 0.15) is 30.5 Å². The minimum absolute atomic E-state index is 0.391. The second kappa shape index (κ2) is 3.40. The fourth-order valence-electron chi connectivity index (χ4n) is 2.12. The van der Waals surface area contributed by atoms with Gasteiger partial charge in [0.25, 0.3) is 0 Å². The van der Waals surface area contributed by atoms with Crippen molar-refractivity contribution >= 4 is 0 Å². The predicted molar refractivity (Wildman–Crippen MR) is 59.4 cm³/mol. The lowest BCUT2D eigenvalue weighted by Gasteiger charge is -2.27. The smallest absolute Gasteiger partial charge is 0.186 e. The van der Waals surface area contributed by atoms with Crippen molar-refractivity contribution in [3.8, 4) is 11.5 Å². The highest BCUT2D eigenvalue weighted by Crippen LogP contribution is 2.40. The summed E-state index contributed by atoms with van der Waals surface area (Å²) in [5.41, 5.74) is 2.00. The van der Waals surface area contributed by atoms with Gasteiger partial charge in [-0.3, -0.25) is 0 Å². The zero-order valence-electron chi connectivity index (χ0n) is 9.33.